The summed E-state index contributed by atoms with van der Waals surface area (Å²) in [6.07, 6.45) is 7.61. The van der Waals surface area contributed by atoms with Crippen LogP contribution in [0, 0.1) is 5.92 Å². The molecule has 0 amide bonds. The van der Waals surface area contributed by atoms with Crippen molar-refractivity contribution < 1.29 is 0 Å². The second-order valence-electron chi connectivity index (χ2n) is 9.87. The quantitative estimate of drug-likeness (QED) is 0.719. The Balaban J connectivity index is 1.30. The maximum atomic E-state index is 12.3. The highest BCUT2D eigenvalue weighted by Gasteiger charge is 2.24. The van der Waals surface area contributed by atoms with Crippen molar-refractivity contribution in [2.24, 2.45) is 5.92 Å². The lowest BCUT2D eigenvalue weighted by atomic mass is 9.92. The van der Waals surface area contributed by atoms with Crippen LogP contribution in [0.5, 0.6) is 0 Å². The van der Waals surface area contributed by atoms with Crippen LogP contribution < -0.4 is 5.56 Å². The van der Waals surface area contributed by atoms with Crippen LogP contribution >= 0.6 is 11.3 Å². The first-order valence-electron chi connectivity index (χ1n) is 11.1. The fourth-order valence-corrected chi connectivity index (χ4v) is 5.52. The molecule has 2 aromatic rings. The van der Waals surface area contributed by atoms with Crippen LogP contribution in [0.2, 0.25) is 0 Å². The molecule has 2 aromatic heterocycles. The van der Waals surface area contributed by atoms with E-state index >= 15 is 0 Å². The summed E-state index contributed by atoms with van der Waals surface area (Å²) in [5.74, 6) is 1.24. The summed E-state index contributed by atoms with van der Waals surface area (Å²) in [4.78, 5) is 19.7. The van der Waals surface area contributed by atoms with E-state index in [0.29, 0.717) is 11.8 Å². The molecule has 3 heterocycles. The van der Waals surface area contributed by atoms with Gasteiger partial charge in [-0.1, -0.05) is 33.6 Å². The normalized spacial score (nSPS) is 19.8. The molecule has 0 N–H and O–H groups in total. The van der Waals surface area contributed by atoms with Gasteiger partial charge in [0, 0.05) is 35.9 Å². The Kier molecular flexibility index (Phi) is 6.21. The first-order valence-corrected chi connectivity index (χ1v) is 12.0. The Morgan fingerprint density at radius 2 is 1.83 bits per heavy atom. The average Bonchev–Trinajstić information content (AvgIpc) is 3.36. The highest BCUT2D eigenvalue weighted by molar-refractivity contribution is 7.09. The van der Waals surface area contributed by atoms with E-state index in [1.807, 2.05) is 17.4 Å². The van der Waals surface area contributed by atoms with Gasteiger partial charge >= 0.3 is 0 Å². The van der Waals surface area contributed by atoms with Gasteiger partial charge in [0.05, 0.1) is 16.4 Å². The summed E-state index contributed by atoms with van der Waals surface area (Å²) in [7, 11) is 0. The van der Waals surface area contributed by atoms with Crippen LogP contribution in [0.15, 0.2) is 22.3 Å². The predicted octanol–water partition coefficient (Wildman–Crippen LogP) is 4.57. The Hall–Kier alpha value is -1.53. The molecular weight excluding hydrogens is 380 g/mol. The Bertz CT molecular complexity index is 867. The van der Waals surface area contributed by atoms with Crippen LogP contribution in [0.1, 0.15) is 81.6 Å². The molecule has 1 aliphatic heterocycles. The van der Waals surface area contributed by atoms with Gasteiger partial charge in [0.15, 0.2) is 0 Å². The standard InChI is InChI=1S/C23H34N4OS/c1-23(2,3)20-8-9-21(28)27(25-20)14-17-10-12-26(13-11-17)15-19-16-29-22(24-19)18-6-4-5-7-18/h8-9,16-18H,4-7,10-15H2,1-3H3. The first kappa shape index (κ1) is 20.7. The zero-order valence-electron chi connectivity index (χ0n) is 18.1. The highest BCUT2D eigenvalue weighted by Crippen LogP contribution is 2.35. The summed E-state index contributed by atoms with van der Waals surface area (Å²) < 4.78 is 1.69. The molecule has 5 nitrogen and oxygen atoms in total. The number of hydrogen-bond donors (Lipinski definition) is 0. The van der Waals surface area contributed by atoms with E-state index < -0.39 is 0 Å². The van der Waals surface area contributed by atoms with Gasteiger partial charge in [-0.05, 0) is 50.8 Å². The van der Waals surface area contributed by atoms with Crippen molar-refractivity contribution in [3.05, 3.63) is 44.3 Å². The lowest BCUT2D eigenvalue weighted by molar-refractivity contribution is 0.162. The minimum atomic E-state index is -0.0380. The van der Waals surface area contributed by atoms with Crippen LogP contribution in [0.3, 0.4) is 0 Å². The fraction of sp³-hybridized carbons (Fsp3) is 0.696. The van der Waals surface area contributed by atoms with Crippen molar-refractivity contribution in [2.45, 2.75) is 83.7 Å². The van der Waals surface area contributed by atoms with Crippen molar-refractivity contribution in [3.63, 3.8) is 0 Å². The fourth-order valence-electron chi connectivity index (χ4n) is 4.54. The van der Waals surface area contributed by atoms with Crippen LogP contribution in [-0.4, -0.2) is 32.8 Å². The van der Waals surface area contributed by atoms with Gasteiger partial charge < -0.3 is 0 Å². The van der Waals surface area contributed by atoms with Crippen molar-refractivity contribution >= 4 is 11.3 Å². The summed E-state index contributed by atoms with van der Waals surface area (Å²) >= 11 is 1.86. The van der Waals surface area contributed by atoms with Crippen LogP contribution in [0.25, 0.3) is 0 Å². The second kappa shape index (κ2) is 8.68. The zero-order chi connectivity index (χ0) is 20.4. The second-order valence-corrected chi connectivity index (χ2v) is 10.8. The molecule has 1 saturated heterocycles. The largest absolute Gasteiger partial charge is 0.297 e. The van der Waals surface area contributed by atoms with Gasteiger partial charge in [-0.3, -0.25) is 9.69 Å². The van der Waals surface area contributed by atoms with Gasteiger partial charge in [-0.15, -0.1) is 11.3 Å². The number of hydrogen-bond acceptors (Lipinski definition) is 5. The molecule has 6 heteroatoms. The number of piperidine rings is 1. The molecule has 0 radical (unpaired) electrons. The van der Waals surface area contributed by atoms with Crippen LogP contribution in [0.4, 0.5) is 0 Å². The third-order valence-corrected chi connectivity index (χ3v) is 7.49. The van der Waals surface area contributed by atoms with E-state index in [9.17, 15) is 4.79 Å². The van der Waals surface area contributed by atoms with E-state index in [1.165, 1.54) is 36.4 Å². The van der Waals surface area contributed by atoms with Gasteiger partial charge in [0.25, 0.3) is 5.56 Å². The minimum absolute atomic E-state index is 0.0161. The third-order valence-electron chi connectivity index (χ3n) is 6.43. The summed E-state index contributed by atoms with van der Waals surface area (Å²) in [6.45, 7) is 10.3. The SMILES string of the molecule is CC(C)(C)c1ccc(=O)n(CC2CCN(Cc3csc(C4CCCC4)n3)CC2)n1. The monoisotopic (exact) mass is 414 g/mol. The molecule has 2 fully saturated rings. The molecule has 29 heavy (non-hydrogen) atoms. The average molecular weight is 415 g/mol. The lowest BCUT2D eigenvalue weighted by Gasteiger charge is -2.31. The maximum Gasteiger partial charge on any atom is 0.266 e. The minimum Gasteiger partial charge on any atom is -0.297 e. The predicted molar refractivity (Wildman–Crippen MR) is 119 cm³/mol. The van der Waals surface area contributed by atoms with Crippen molar-refractivity contribution in [2.75, 3.05) is 13.1 Å². The van der Waals surface area contributed by atoms with E-state index in [1.54, 1.807) is 10.7 Å². The molecule has 1 saturated carbocycles. The van der Waals surface area contributed by atoms with E-state index in [4.69, 9.17) is 4.98 Å². The van der Waals surface area contributed by atoms with Crippen molar-refractivity contribution in [1.82, 2.24) is 19.7 Å². The number of rotatable bonds is 5. The highest BCUT2D eigenvalue weighted by atomic mass is 32.1. The summed E-state index contributed by atoms with van der Waals surface area (Å²) in [5, 5.41) is 8.27. The van der Waals surface area contributed by atoms with Gasteiger partial charge in [-0.25, -0.2) is 9.67 Å². The number of thiazole rings is 1. The first-order chi connectivity index (χ1) is 13.9. The zero-order valence-corrected chi connectivity index (χ0v) is 18.9. The van der Waals surface area contributed by atoms with Crippen LogP contribution in [-0.2, 0) is 18.5 Å². The Morgan fingerprint density at radius 1 is 1.10 bits per heavy atom. The molecule has 158 valence electrons. The molecule has 4 rings (SSSR count). The molecule has 2 aliphatic rings. The van der Waals surface area contributed by atoms with Gasteiger partial charge in [-0.2, -0.15) is 5.10 Å². The van der Waals surface area contributed by atoms with Gasteiger partial charge in [0.2, 0.25) is 0 Å². The summed E-state index contributed by atoms with van der Waals surface area (Å²) in [5.41, 5.74) is 2.20. The smallest absolute Gasteiger partial charge is 0.266 e. The molecule has 0 unspecified atom stereocenters. The molecule has 0 spiro atoms. The molecule has 0 aromatic carbocycles. The Morgan fingerprint density at radius 3 is 2.52 bits per heavy atom. The topological polar surface area (TPSA) is 51.0 Å². The molecule has 0 bridgehead atoms. The molecular formula is C23H34N4OS. The summed E-state index contributed by atoms with van der Waals surface area (Å²) in [6, 6.07) is 3.54. The third kappa shape index (κ3) is 5.15. The van der Waals surface area contributed by atoms with Crippen molar-refractivity contribution in [1.29, 1.82) is 0 Å². The lowest BCUT2D eigenvalue weighted by Crippen LogP contribution is -2.37. The van der Waals surface area contributed by atoms with E-state index in [-0.39, 0.29) is 11.0 Å². The van der Waals surface area contributed by atoms with E-state index in [0.717, 1.165) is 44.7 Å². The number of likely N-dealkylation sites (tertiary alicyclic amines) is 1. The Labute approximate surface area is 178 Å². The molecule has 0 atom stereocenters. The number of nitrogens with zero attached hydrogens (tertiary/aromatic N) is 4. The number of aromatic nitrogens is 3. The maximum absolute atomic E-state index is 12.3. The van der Waals surface area contributed by atoms with E-state index in [2.05, 4.69) is 36.1 Å². The van der Waals surface area contributed by atoms with Gasteiger partial charge in [0.1, 0.15) is 0 Å². The van der Waals surface area contributed by atoms with Crippen molar-refractivity contribution in [3.8, 4) is 0 Å². The molecule has 1 aliphatic carbocycles.